The van der Waals surface area contributed by atoms with Crippen LogP contribution in [0, 0.1) is 0 Å². The van der Waals surface area contributed by atoms with Gasteiger partial charge in [0.05, 0.1) is 0 Å². The number of benzene rings is 1. The van der Waals surface area contributed by atoms with Crippen molar-refractivity contribution < 1.29 is 0 Å². The van der Waals surface area contributed by atoms with Gasteiger partial charge in [-0.3, -0.25) is 0 Å². The molecule has 2 aromatic rings. The first kappa shape index (κ1) is 14.5. The Labute approximate surface area is 123 Å². The maximum atomic E-state index is 4.20. The summed E-state index contributed by atoms with van der Waals surface area (Å²) in [5, 5.41) is 3.37. The van der Waals surface area contributed by atoms with Gasteiger partial charge in [-0.1, -0.05) is 49.4 Å². The molecule has 0 bridgehead atoms. The van der Waals surface area contributed by atoms with Gasteiger partial charge in [-0.25, -0.2) is 4.98 Å². The number of hydrogen-bond donors (Lipinski definition) is 1. The molecular formula is C14H19N3S2. The number of thioether (sulfide) groups is 1. The third kappa shape index (κ3) is 4.30. The normalized spacial score (nSPS) is 12.5. The van der Waals surface area contributed by atoms with Crippen LogP contribution < -0.4 is 5.32 Å². The zero-order valence-corrected chi connectivity index (χ0v) is 12.9. The summed E-state index contributed by atoms with van der Waals surface area (Å²) in [6, 6.07) is 9.28. The fourth-order valence-electron chi connectivity index (χ4n) is 1.93. The van der Waals surface area contributed by atoms with E-state index in [1.165, 1.54) is 29.1 Å². The molecule has 0 aliphatic rings. The van der Waals surface area contributed by atoms with Crippen molar-refractivity contribution in [2.24, 2.45) is 0 Å². The first-order valence-corrected chi connectivity index (χ1v) is 8.25. The van der Waals surface area contributed by atoms with Crippen molar-refractivity contribution in [1.82, 2.24) is 14.7 Å². The summed E-state index contributed by atoms with van der Waals surface area (Å²) >= 11 is 3.21. The lowest BCUT2D eigenvalue weighted by atomic mass is 10.0. The van der Waals surface area contributed by atoms with Crippen molar-refractivity contribution >= 4 is 23.3 Å². The molecule has 0 aliphatic heterocycles. The van der Waals surface area contributed by atoms with E-state index in [0.29, 0.717) is 6.04 Å². The number of nitrogens with zero attached hydrogens (tertiary/aromatic N) is 2. The van der Waals surface area contributed by atoms with Gasteiger partial charge in [-0.15, -0.1) is 0 Å². The highest BCUT2D eigenvalue weighted by Crippen LogP contribution is 2.25. The van der Waals surface area contributed by atoms with Crippen LogP contribution in [0.1, 0.15) is 30.5 Å². The SMILES string of the molecule is CCCc1ccc(C(CSc2ncns2)NC)cc1. The van der Waals surface area contributed by atoms with Crippen molar-refractivity contribution in [2.45, 2.75) is 30.1 Å². The van der Waals surface area contributed by atoms with Crippen LogP contribution in [-0.2, 0) is 6.42 Å². The maximum Gasteiger partial charge on any atom is 0.169 e. The largest absolute Gasteiger partial charge is 0.312 e. The average Bonchev–Trinajstić information content (AvgIpc) is 2.95. The van der Waals surface area contributed by atoms with Crippen LogP contribution >= 0.6 is 23.3 Å². The quantitative estimate of drug-likeness (QED) is 0.792. The Morgan fingerprint density at radius 3 is 2.68 bits per heavy atom. The van der Waals surface area contributed by atoms with Crippen LogP contribution in [0.15, 0.2) is 34.9 Å². The molecule has 102 valence electrons. The minimum Gasteiger partial charge on any atom is -0.312 e. The van der Waals surface area contributed by atoms with Gasteiger partial charge < -0.3 is 5.32 Å². The van der Waals surface area contributed by atoms with Gasteiger partial charge in [0.15, 0.2) is 4.34 Å². The van der Waals surface area contributed by atoms with Crippen LogP contribution in [0.4, 0.5) is 0 Å². The molecule has 0 amide bonds. The summed E-state index contributed by atoms with van der Waals surface area (Å²) in [7, 11) is 2.01. The van der Waals surface area contributed by atoms with Gasteiger partial charge in [0.1, 0.15) is 6.33 Å². The minimum atomic E-state index is 0.351. The topological polar surface area (TPSA) is 37.8 Å². The molecule has 0 radical (unpaired) electrons. The van der Waals surface area contributed by atoms with Crippen molar-refractivity contribution in [3.8, 4) is 0 Å². The Morgan fingerprint density at radius 2 is 2.11 bits per heavy atom. The summed E-state index contributed by atoms with van der Waals surface area (Å²) in [6.45, 7) is 2.21. The lowest BCUT2D eigenvalue weighted by molar-refractivity contribution is 0.661. The molecule has 5 heteroatoms. The molecule has 0 fully saturated rings. The van der Waals surface area contributed by atoms with Gasteiger partial charge >= 0.3 is 0 Å². The van der Waals surface area contributed by atoms with E-state index >= 15 is 0 Å². The molecule has 1 unspecified atom stereocenters. The summed E-state index contributed by atoms with van der Waals surface area (Å²) in [5.74, 6) is 0.971. The van der Waals surface area contributed by atoms with E-state index in [2.05, 4.69) is 45.9 Å². The Balaban J connectivity index is 1.96. The maximum absolute atomic E-state index is 4.20. The van der Waals surface area contributed by atoms with E-state index in [0.717, 1.165) is 16.5 Å². The Bertz CT molecular complexity index is 468. The third-order valence-corrected chi connectivity index (χ3v) is 4.87. The van der Waals surface area contributed by atoms with Crippen LogP contribution in [0.3, 0.4) is 0 Å². The first-order chi connectivity index (χ1) is 9.33. The first-order valence-electron chi connectivity index (χ1n) is 6.49. The third-order valence-electron chi connectivity index (χ3n) is 2.98. The zero-order chi connectivity index (χ0) is 13.5. The highest BCUT2D eigenvalue weighted by atomic mass is 32.2. The van der Waals surface area contributed by atoms with E-state index in [1.54, 1.807) is 18.1 Å². The molecule has 1 N–H and O–H groups in total. The number of aryl methyl sites for hydroxylation is 1. The molecular weight excluding hydrogens is 274 g/mol. The summed E-state index contributed by atoms with van der Waals surface area (Å²) in [5.41, 5.74) is 2.75. The number of hydrogen-bond acceptors (Lipinski definition) is 5. The van der Waals surface area contributed by atoms with Crippen LogP contribution in [0.25, 0.3) is 0 Å². The van der Waals surface area contributed by atoms with Gasteiger partial charge in [-0.05, 0) is 36.1 Å². The smallest absolute Gasteiger partial charge is 0.169 e. The predicted octanol–water partition coefficient (Wildman–Crippen LogP) is 3.54. The highest BCUT2D eigenvalue weighted by molar-refractivity contribution is 8.00. The molecule has 0 saturated carbocycles. The standard InChI is InChI=1S/C14H19N3S2/c1-3-4-11-5-7-12(8-6-11)13(15-2)9-18-14-16-10-17-19-14/h5-8,10,13,15H,3-4,9H2,1-2H3. The number of rotatable bonds is 7. The fourth-order valence-corrected chi connectivity index (χ4v) is 3.55. The van der Waals surface area contributed by atoms with Gasteiger partial charge in [0.25, 0.3) is 0 Å². The van der Waals surface area contributed by atoms with E-state index < -0.39 is 0 Å². The molecule has 0 aliphatic carbocycles. The van der Waals surface area contributed by atoms with Crippen LogP contribution in [0.5, 0.6) is 0 Å². The van der Waals surface area contributed by atoms with Gasteiger partial charge in [0, 0.05) is 11.8 Å². The Hall–Kier alpha value is -0.910. The average molecular weight is 293 g/mol. The van der Waals surface area contributed by atoms with Crippen molar-refractivity contribution in [3.63, 3.8) is 0 Å². The molecule has 19 heavy (non-hydrogen) atoms. The lowest BCUT2D eigenvalue weighted by Gasteiger charge is -2.16. The summed E-state index contributed by atoms with van der Waals surface area (Å²) < 4.78 is 5.05. The van der Waals surface area contributed by atoms with Crippen molar-refractivity contribution in [2.75, 3.05) is 12.8 Å². The monoisotopic (exact) mass is 293 g/mol. The number of nitrogens with one attached hydrogen (secondary N) is 1. The molecule has 1 aromatic carbocycles. The molecule has 0 spiro atoms. The highest BCUT2D eigenvalue weighted by Gasteiger charge is 2.10. The van der Waals surface area contributed by atoms with Gasteiger partial charge in [0.2, 0.25) is 0 Å². The predicted molar refractivity (Wildman–Crippen MR) is 82.9 cm³/mol. The zero-order valence-electron chi connectivity index (χ0n) is 11.3. The molecule has 1 aromatic heterocycles. The molecule has 1 heterocycles. The summed E-state index contributed by atoms with van der Waals surface area (Å²) in [4.78, 5) is 4.20. The van der Waals surface area contributed by atoms with E-state index in [4.69, 9.17) is 0 Å². The van der Waals surface area contributed by atoms with E-state index in [-0.39, 0.29) is 0 Å². The van der Waals surface area contributed by atoms with E-state index in [9.17, 15) is 0 Å². The Kier molecular flexibility index (Phi) is 5.82. The minimum absolute atomic E-state index is 0.351. The van der Waals surface area contributed by atoms with Crippen molar-refractivity contribution in [1.29, 1.82) is 0 Å². The van der Waals surface area contributed by atoms with Crippen LogP contribution in [0.2, 0.25) is 0 Å². The molecule has 3 nitrogen and oxygen atoms in total. The second kappa shape index (κ2) is 7.62. The molecule has 2 rings (SSSR count). The fraction of sp³-hybridized carbons (Fsp3) is 0.429. The number of aromatic nitrogens is 2. The second-order valence-electron chi connectivity index (χ2n) is 4.35. The second-order valence-corrected chi connectivity index (χ2v) is 6.40. The van der Waals surface area contributed by atoms with Crippen LogP contribution in [-0.4, -0.2) is 22.2 Å². The summed E-state index contributed by atoms with van der Waals surface area (Å²) in [6.07, 6.45) is 3.96. The van der Waals surface area contributed by atoms with Gasteiger partial charge in [-0.2, -0.15) is 4.37 Å². The Morgan fingerprint density at radius 1 is 1.32 bits per heavy atom. The lowest BCUT2D eigenvalue weighted by Crippen LogP contribution is -2.18. The molecule has 0 saturated heterocycles. The molecule has 1 atom stereocenters. The van der Waals surface area contributed by atoms with Crippen molar-refractivity contribution in [3.05, 3.63) is 41.7 Å². The van der Waals surface area contributed by atoms with E-state index in [1.807, 2.05) is 7.05 Å².